The minimum absolute atomic E-state index is 0.125. The van der Waals surface area contributed by atoms with Gasteiger partial charge in [0.1, 0.15) is 24.4 Å². The van der Waals surface area contributed by atoms with Crippen molar-refractivity contribution < 1.29 is 49.3 Å². The molecule has 11 heteroatoms. The number of allylic oxidation sites excluding steroid dienone is 9. The summed E-state index contributed by atoms with van der Waals surface area (Å²) in [6, 6.07) is -1.03. The third kappa shape index (κ3) is 48.9. The van der Waals surface area contributed by atoms with Gasteiger partial charge in [-0.15, -0.1) is 0 Å². The van der Waals surface area contributed by atoms with Crippen LogP contribution in [0.15, 0.2) is 60.8 Å². The topological polar surface area (TPSA) is 175 Å². The van der Waals surface area contributed by atoms with Gasteiger partial charge in [0.25, 0.3) is 0 Å². The van der Waals surface area contributed by atoms with E-state index in [1.54, 1.807) is 6.08 Å². The summed E-state index contributed by atoms with van der Waals surface area (Å²) < 4.78 is 17.7. The average Bonchev–Trinajstić information content (AvgIpc) is 3.19. The number of aliphatic hydroxyl groups excluding tert-OH is 5. The molecule has 0 radical (unpaired) electrons. The number of hydrogen-bond donors (Lipinski definition) is 6. The third-order valence-corrected chi connectivity index (χ3v) is 16.9. The second kappa shape index (κ2) is 61.6. The molecule has 11 nitrogen and oxygen atoms in total. The third-order valence-electron chi connectivity index (χ3n) is 16.9. The van der Waals surface area contributed by atoms with Crippen LogP contribution in [0.5, 0.6) is 0 Å². The van der Waals surface area contributed by atoms with Gasteiger partial charge in [0.05, 0.1) is 25.4 Å². The molecule has 496 valence electrons. The van der Waals surface area contributed by atoms with Crippen molar-refractivity contribution in [2.75, 3.05) is 13.2 Å². The Morgan fingerprint density at radius 2 is 0.812 bits per heavy atom. The Morgan fingerprint density at radius 1 is 0.459 bits per heavy atom. The summed E-state index contributed by atoms with van der Waals surface area (Å²) >= 11 is 0. The highest BCUT2D eigenvalue weighted by Gasteiger charge is 2.47. The molecule has 0 saturated carbocycles. The molecule has 0 aromatic carbocycles. The van der Waals surface area contributed by atoms with Crippen LogP contribution in [0.3, 0.4) is 0 Å². The van der Waals surface area contributed by atoms with Crippen molar-refractivity contribution in [3.8, 4) is 0 Å². The molecule has 0 aliphatic carbocycles. The van der Waals surface area contributed by atoms with Crippen molar-refractivity contribution in [3.05, 3.63) is 60.8 Å². The number of carbonyl (C=O) groups excluding carboxylic acids is 2. The molecule has 8 atom stereocenters. The first-order valence-corrected chi connectivity index (χ1v) is 36.1. The fourth-order valence-corrected chi connectivity index (χ4v) is 11.2. The van der Waals surface area contributed by atoms with Crippen LogP contribution in [-0.4, -0.2) is 99.6 Å². The van der Waals surface area contributed by atoms with E-state index in [0.717, 1.165) is 96.3 Å². The smallest absolute Gasteiger partial charge is 0.306 e. The van der Waals surface area contributed by atoms with Crippen LogP contribution in [0.1, 0.15) is 335 Å². The molecule has 0 spiro atoms. The van der Waals surface area contributed by atoms with Gasteiger partial charge in [-0.25, -0.2) is 0 Å². The number of rotatable bonds is 62. The molecular weight excluding hydrogens is 1060 g/mol. The molecule has 1 amide bonds. The van der Waals surface area contributed by atoms with Crippen LogP contribution >= 0.6 is 0 Å². The second-order valence-electron chi connectivity index (χ2n) is 25.0. The van der Waals surface area contributed by atoms with Crippen LogP contribution in [-0.2, 0) is 23.8 Å². The molecule has 1 heterocycles. The Balaban J connectivity index is 2.60. The van der Waals surface area contributed by atoms with E-state index in [0.29, 0.717) is 12.8 Å². The predicted molar refractivity (Wildman–Crippen MR) is 356 cm³/mol. The maximum Gasteiger partial charge on any atom is 0.306 e. The Kier molecular flexibility index (Phi) is 58.2. The number of amides is 1. The van der Waals surface area contributed by atoms with E-state index in [-0.39, 0.29) is 19.4 Å². The average molecular weight is 1200 g/mol. The Morgan fingerprint density at radius 3 is 1.24 bits per heavy atom. The summed E-state index contributed by atoms with van der Waals surface area (Å²) in [5.74, 6) is -1.19. The second-order valence-corrected chi connectivity index (χ2v) is 25.0. The number of esters is 1. The van der Waals surface area contributed by atoms with Gasteiger partial charge in [0, 0.05) is 6.42 Å². The zero-order valence-electron chi connectivity index (χ0n) is 55.2. The SMILES string of the molecule is CCCCC/C=C\C/C=C\C/C=C\C/C=C\CCCCCCCCC(O)C(=O)NC(COC1OC(CO)C(O)C(O)C1OC(=O)CCCCCCCCCCCCCCCCCCCCCCC)C(O)/C=C/CCCCCCCCCCCCC. The van der Waals surface area contributed by atoms with Gasteiger partial charge >= 0.3 is 5.97 Å². The number of aliphatic hydroxyl groups is 5. The van der Waals surface area contributed by atoms with Gasteiger partial charge in [-0.2, -0.15) is 0 Å². The van der Waals surface area contributed by atoms with Crippen LogP contribution in [0.2, 0.25) is 0 Å². The highest BCUT2D eigenvalue weighted by atomic mass is 16.7. The standard InChI is InChI=1S/C74H135NO10/c1-4-7-10-13-16-19-22-25-27-29-31-33-35-36-38-40-43-46-49-52-55-58-61-67(78)73(82)75-65(66(77)60-57-54-51-48-45-42-24-21-18-15-12-9-6-3)64-83-74-72(71(81)70(80)68(63-76)84-74)85-69(79)62-59-56-53-50-47-44-41-39-37-34-32-30-28-26-23-20-17-14-11-8-5-2/h16,19,25,27,31,33,36,38,57,60,65-68,70-72,74,76-78,80-81H,4-15,17-18,20-24,26,28-30,32,34-35,37,39-56,58-59,61-64H2,1-3H3,(H,75,82)/b19-16-,27-25-,33-31-,38-36-,60-57+. The van der Waals surface area contributed by atoms with Crippen molar-refractivity contribution in [1.82, 2.24) is 5.32 Å². The first-order chi connectivity index (χ1) is 41.7. The molecular formula is C74H135NO10. The quantitative estimate of drug-likeness (QED) is 0.0195. The molecule has 85 heavy (non-hydrogen) atoms. The lowest BCUT2D eigenvalue weighted by molar-refractivity contribution is -0.305. The molecule has 1 saturated heterocycles. The van der Waals surface area contributed by atoms with E-state index in [4.69, 9.17) is 14.2 Å². The van der Waals surface area contributed by atoms with E-state index in [9.17, 15) is 35.1 Å². The summed E-state index contributed by atoms with van der Waals surface area (Å²) in [5.41, 5.74) is 0. The first-order valence-electron chi connectivity index (χ1n) is 36.1. The van der Waals surface area contributed by atoms with Crippen LogP contribution < -0.4 is 5.32 Å². The van der Waals surface area contributed by atoms with Crippen LogP contribution in [0, 0.1) is 0 Å². The van der Waals surface area contributed by atoms with Crippen LogP contribution in [0.25, 0.3) is 0 Å². The van der Waals surface area contributed by atoms with Gasteiger partial charge in [-0.1, -0.05) is 319 Å². The summed E-state index contributed by atoms with van der Waals surface area (Å²) in [6.07, 6.45) is 68.2. The van der Waals surface area contributed by atoms with E-state index < -0.39 is 67.4 Å². The highest BCUT2D eigenvalue weighted by Crippen LogP contribution is 2.26. The fourth-order valence-electron chi connectivity index (χ4n) is 11.2. The van der Waals surface area contributed by atoms with Gasteiger partial charge in [0.2, 0.25) is 5.91 Å². The molecule has 1 aliphatic rings. The molecule has 1 fully saturated rings. The Bertz CT molecular complexity index is 1620. The maximum atomic E-state index is 13.5. The zero-order chi connectivity index (χ0) is 61.7. The molecule has 0 aromatic rings. The van der Waals surface area contributed by atoms with Crippen molar-refractivity contribution in [1.29, 1.82) is 0 Å². The molecule has 1 rings (SSSR count). The zero-order valence-corrected chi connectivity index (χ0v) is 55.2. The number of ether oxygens (including phenoxy) is 3. The molecule has 0 bridgehead atoms. The van der Waals surface area contributed by atoms with Gasteiger partial charge < -0.3 is 45.1 Å². The molecule has 8 unspecified atom stereocenters. The maximum absolute atomic E-state index is 13.5. The lowest BCUT2D eigenvalue weighted by Gasteiger charge is -2.41. The summed E-state index contributed by atoms with van der Waals surface area (Å²) in [7, 11) is 0. The van der Waals surface area contributed by atoms with E-state index in [1.165, 1.54) is 193 Å². The molecule has 6 N–H and O–H groups in total. The Labute approximate surface area is 522 Å². The summed E-state index contributed by atoms with van der Waals surface area (Å²) in [6.45, 7) is 5.80. The van der Waals surface area contributed by atoms with Gasteiger partial charge in [-0.05, 0) is 70.6 Å². The largest absolute Gasteiger partial charge is 0.454 e. The van der Waals surface area contributed by atoms with Crippen molar-refractivity contribution >= 4 is 11.9 Å². The van der Waals surface area contributed by atoms with Crippen molar-refractivity contribution in [3.63, 3.8) is 0 Å². The molecule has 1 aliphatic heterocycles. The Hall–Kier alpha value is -2.64. The lowest BCUT2D eigenvalue weighted by atomic mass is 9.99. The lowest BCUT2D eigenvalue weighted by Crippen LogP contribution is -2.61. The monoisotopic (exact) mass is 1200 g/mol. The number of carbonyl (C=O) groups is 2. The number of nitrogens with one attached hydrogen (secondary N) is 1. The van der Waals surface area contributed by atoms with E-state index in [1.807, 2.05) is 6.08 Å². The van der Waals surface area contributed by atoms with Gasteiger partial charge in [-0.3, -0.25) is 9.59 Å². The summed E-state index contributed by atoms with van der Waals surface area (Å²) in [4.78, 5) is 26.7. The normalized spacial score (nSPS) is 18.7. The van der Waals surface area contributed by atoms with Crippen molar-refractivity contribution in [2.24, 2.45) is 0 Å². The molecule has 0 aromatic heterocycles. The van der Waals surface area contributed by atoms with Crippen molar-refractivity contribution in [2.45, 2.75) is 384 Å². The van der Waals surface area contributed by atoms with E-state index >= 15 is 0 Å². The van der Waals surface area contributed by atoms with Gasteiger partial charge in [0.15, 0.2) is 12.4 Å². The van der Waals surface area contributed by atoms with Crippen LogP contribution in [0.4, 0.5) is 0 Å². The first kappa shape index (κ1) is 80.4. The fraction of sp³-hybridized carbons (Fsp3) is 0.838. The minimum atomic E-state index is -1.62. The number of unbranched alkanes of at least 4 members (excludes halogenated alkanes) is 40. The summed E-state index contributed by atoms with van der Waals surface area (Å²) in [5, 5.41) is 57.3. The number of hydrogen-bond acceptors (Lipinski definition) is 10. The predicted octanol–water partition coefficient (Wildman–Crippen LogP) is 18.5. The van der Waals surface area contributed by atoms with E-state index in [2.05, 4.69) is 74.7 Å². The highest BCUT2D eigenvalue weighted by molar-refractivity contribution is 5.80. The minimum Gasteiger partial charge on any atom is -0.454 e.